The predicted molar refractivity (Wildman–Crippen MR) is 126 cm³/mol. The third-order valence-electron chi connectivity index (χ3n) is 6.17. The summed E-state index contributed by atoms with van der Waals surface area (Å²) in [5.74, 6) is 0.348. The molecule has 0 saturated heterocycles. The number of nitrogens with zero attached hydrogens (tertiary/aromatic N) is 1. The zero-order valence-corrected chi connectivity index (χ0v) is 18.5. The van der Waals surface area contributed by atoms with Crippen LogP contribution in [0.25, 0.3) is 10.8 Å². The summed E-state index contributed by atoms with van der Waals surface area (Å²) in [4.78, 5) is 27.8. The molecule has 0 aromatic heterocycles. The highest BCUT2D eigenvalue weighted by Gasteiger charge is 2.28. The van der Waals surface area contributed by atoms with Crippen LogP contribution in [-0.4, -0.2) is 35.4 Å². The molecule has 1 N–H and O–H groups in total. The molecule has 0 bridgehead atoms. The van der Waals surface area contributed by atoms with Gasteiger partial charge in [-0.05, 0) is 36.8 Å². The monoisotopic (exact) mass is 430 g/mol. The molecule has 0 radical (unpaired) electrons. The predicted octanol–water partition coefficient (Wildman–Crippen LogP) is 4.69. The van der Waals surface area contributed by atoms with Crippen molar-refractivity contribution in [1.29, 1.82) is 0 Å². The Bertz CT molecular complexity index is 1060. The molecule has 2 amide bonds. The van der Waals surface area contributed by atoms with Crippen molar-refractivity contribution in [2.24, 2.45) is 0 Å². The summed E-state index contributed by atoms with van der Waals surface area (Å²) in [6.45, 7) is 2.03. The topological polar surface area (TPSA) is 58.6 Å². The van der Waals surface area contributed by atoms with Crippen molar-refractivity contribution in [2.45, 2.75) is 51.2 Å². The largest absolute Gasteiger partial charge is 0.483 e. The van der Waals surface area contributed by atoms with E-state index < -0.39 is 6.04 Å². The lowest BCUT2D eigenvalue weighted by atomic mass is 10.1. The maximum atomic E-state index is 13.3. The van der Waals surface area contributed by atoms with Gasteiger partial charge in [-0.3, -0.25) is 9.59 Å². The van der Waals surface area contributed by atoms with E-state index in [2.05, 4.69) is 5.32 Å². The lowest BCUT2D eigenvalue weighted by Crippen LogP contribution is -2.50. The molecule has 4 rings (SSSR count). The van der Waals surface area contributed by atoms with Crippen molar-refractivity contribution in [3.63, 3.8) is 0 Å². The second-order valence-electron chi connectivity index (χ2n) is 8.44. The minimum absolute atomic E-state index is 0.105. The lowest BCUT2D eigenvalue weighted by Gasteiger charge is -2.29. The standard InChI is InChI=1S/C27H30N2O3/c1-20(27(31)28-23-14-6-7-15-23)29(18-21-10-3-2-4-11-21)26(30)19-32-25-17-9-13-22-12-5-8-16-24(22)25/h2-5,8-13,16-17,20,23H,6-7,14-15,18-19H2,1H3,(H,28,31). The van der Waals surface area contributed by atoms with Crippen LogP contribution in [0.2, 0.25) is 0 Å². The number of amides is 2. The number of carbonyl (C=O) groups is 2. The lowest BCUT2D eigenvalue weighted by molar-refractivity contribution is -0.142. The first-order valence-corrected chi connectivity index (χ1v) is 11.4. The molecule has 1 saturated carbocycles. The molecule has 3 aromatic carbocycles. The molecule has 0 aliphatic heterocycles. The molecule has 1 fully saturated rings. The molecule has 3 aromatic rings. The van der Waals surface area contributed by atoms with Crippen LogP contribution in [0.4, 0.5) is 0 Å². The van der Waals surface area contributed by atoms with E-state index in [1.165, 1.54) is 0 Å². The highest BCUT2D eigenvalue weighted by molar-refractivity contribution is 5.90. The maximum absolute atomic E-state index is 13.3. The van der Waals surface area contributed by atoms with Crippen LogP contribution in [0.3, 0.4) is 0 Å². The number of fused-ring (bicyclic) bond motifs is 1. The van der Waals surface area contributed by atoms with E-state index in [0.29, 0.717) is 12.3 Å². The Morgan fingerprint density at radius 2 is 1.66 bits per heavy atom. The Balaban J connectivity index is 1.48. The van der Waals surface area contributed by atoms with Gasteiger partial charge in [0.15, 0.2) is 6.61 Å². The van der Waals surface area contributed by atoms with Crippen molar-refractivity contribution >= 4 is 22.6 Å². The second-order valence-corrected chi connectivity index (χ2v) is 8.44. The third-order valence-corrected chi connectivity index (χ3v) is 6.17. The van der Waals surface area contributed by atoms with Gasteiger partial charge in [-0.2, -0.15) is 0 Å². The first-order valence-electron chi connectivity index (χ1n) is 11.4. The maximum Gasteiger partial charge on any atom is 0.261 e. The van der Waals surface area contributed by atoms with E-state index >= 15 is 0 Å². The number of benzene rings is 3. The van der Waals surface area contributed by atoms with E-state index in [0.717, 1.165) is 42.0 Å². The molecule has 166 valence electrons. The summed E-state index contributed by atoms with van der Waals surface area (Å²) in [6.07, 6.45) is 4.31. The Labute approximate surface area is 189 Å². The smallest absolute Gasteiger partial charge is 0.261 e. The zero-order chi connectivity index (χ0) is 22.3. The highest BCUT2D eigenvalue weighted by Crippen LogP contribution is 2.25. The number of nitrogens with one attached hydrogen (secondary N) is 1. The van der Waals surface area contributed by atoms with Gasteiger partial charge in [0.05, 0.1) is 0 Å². The second kappa shape index (κ2) is 10.3. The molecule has 5 heteroatoms. The number of hydrogen-bond donors (Lipinski definition) is 1. The fourth-order valence-electron chi connectivity index (χ4n) is 4.30. The van der Waals surface area contributed by atoms with Gasteiger partial charge in [-0.1, -0.05) is 79.6 Å². The summed E-state index contributed by atoms with van der Waals surface area (Å²) in [5.41, 5.74) is 0.978. The van der Waals surface area contributed by atoms with Crippen molar-refractivity contribution in [1.82, 2.24) is 10.2 Å². The van der Waals surface area contributed by atoms with Crippen molar-refractivity contribution < 1.29 is 14.3 Å². The van der Waals surface area contributed by atoms with Gasteiger partial charge in [0.2, 0.25) is 5.91 Å². The van der Waals surface area contributed by atoms with Crippen LogP contribution in [0, 0.1) is 0 Å². The zero-order valence-electron chi connectivity index (χ0n) is 18.5. The van der Waals surface area contributed by atoms with Crippen LogP contribution < -0.4 is 10.1 Å². The molecule has 1 aliphatic carbocycles. The molecule has 0 heterocycles. The first kappa shape index (κ1) is 21.9. The molecule has 1 unspecified atom stereocenters. The van der Waals surface area contributed by atoms with Gasteiger partial charge in [0.1, 0.15) is 11.8 Å². The van der Waals surface area contributed by atoms with Gasteiger partial charge < -0.3 is 15.0 Å². The Morgan fingerprint density at radius 3 is 2.44 bits per heavy atom. The fourth-order valence-corrected chi connectivity index (χ4v) is 4.30. The highest BCUT2D eigenvalue weighted by atomic mass is 16.5. The minimum atomic E-state index is -0.584. The molecule has 32 heavy (non-hydrogen) atoms. The van der Waals surface area contributed by atoms with Crippen molar-refractivity contribution in [2.75, 3.05) is 6.61 Å². The minimum Gasteiger partial charge on any atom is -0.483 e. The number of hydrogen-bond acceptors (Lipinski definition) is 3. The molecular weight excluding hydrogens is 400 g/mol. The Kier molecular flexibility index (Phi) is 7.05. The van der Waals surface area contributed by atoms with Crippen molar-refractivity contribution in [3.05, 3.63) is 78.4 Å². The van der Waals surface area contributed by atoms with E-state index in [4.69, 9.17) is 4.74 Å². The van der Waals surface area contributed by atoms with E-state index in [1.807, 2.05) is 72.8 Å². The molecule has 1 aliphatic rings. The normalized spacial score (nSPS) is 14.8. The van der Waals surface area contributed by atoms with Gasteiger partial charge in [0, 0.05) is 18.0 Å². The average Bonchev–Trinajstić information content (AvgIpc) is 3.34. The summed E-state index contributed by atoms with van der Waals surface area (Å²) in [5, 5.41) is 5.14. The van der Waals surface area contributed by atoms with Gasteiger partial charge >= 0.3 is 0 Å². The van der Waals surface area contributed by atoms with Gasteiger partial charge in [-0.15, -0.1) is 0 Å². The Hall–Kier alpha value is -3.34. The van der Waals surface area contributed by atoms with Crippen molar-refractivity contribution in [3.8, 4) is 5.75 Å². The number of rotatable bonds is 8. The Morgan fingerprint density at radius 1 is 0.969 bits per heavy atom. The van der Waals surface area contributed by atoms with E-state index in [-0.39, 0.29) is 24.5 Å². The summed E-state index contributed by atoms with van der Waals surface area (Å²) < 4.78 is 5.94. The molecule has 5 nitrogen and oxygen atoms in total. The van der Waals surface area contributed by atoms with Crippen LogP contribution in [0.15, 0.2) is 72.8 Å². The van der Waals surface area contributed by atoms with E-state index in [1.54, 1.807) is 11.8 Å². The summed E-state index contributed by atoms with van der Waals surface area (Å²) in [7, 11) is 0. The van der Waals surface area contributed by atoms with E-state index in [9.17, 15) is 9.59 Å². The molecule has 0 spiro atoms. The van der Waals surface area contributed by atoms with Crippen LogP contribution >= 0.6 is 0 Å². The quantitative estimate of drug-likeness (QED) is 0.564. The third kappa shape index (κ3) is 5.28. The van der Waals surface area contributed by atoms with Crippen LogP contribution in [0.5, 0.6) is 5.75 Å². The summed E-state index contributed by atoms with van der Waals surface area (Å²) in [6, 6.07) is 23.1. The molecular formula is C27H30N2O3. The average molecular weight is 431 g/mol. The van der Waals surface area contributed by atoms with Crippen LogP contribution in [-0.2, 0) is 16.1 Å². The number of carbonyl (C=O) groups excluding carboxylic acids is 2. The number of ether oxygens (including phenoxy) is 1. The fraction of sp³-hybridized carbons (Fsp3) is 0.333. The first-order chi connectivity index (χ1) is 15.6. The van der Waals surface area contributed by atoms with Crippen LogP contribution in [0.1, 0.15) is 38.2 Å². The van der Waals surface area contributed by atoms with Gasteiger partial charge in [0.25, 0.3) is 5.91 Å². The van der Waals surface area contributed by atoms with Gasteiger partial charge in [-0.25, -0.2) is 0 Å². The summed E-state index contributed by atoms with van der Waals surface area (Å²) >= 11 is 0. The molecule has 1 atom stereocenters. The SMILES string of the molecule is CC(C(=O)NC1CCCC1)N(Cc1ccccc1)C(=O)COc1cccc2ccccc12.